The molecule has 2 heterocycles. The molecule has 39 heavy (non-hydrogen) atoms. The number of aromatic nitrogens is 2. The van der Waals surface area contributed by atoms with E-state index in [0.717, 1.165) is 38.4 Å². The van der Waals surface area contributed by atoms with Crippen LogP contribution in [0.4, 0.5) is 10.4 Å². The molecule has 1 aliphatic rings. The summed E-state index contributed by atoms with van der Waals surface area (Å²) in [5.41, 5.74) is -0.0735. The Bertz CT molecular complexity index is 1090. The van der Waals surface area contributed by atoms with E-state index in [1.54, 1.807) is 13.0 Å². The third-order valence-electron chi connectivity index (χ3n) is 5.98. The van der Waals surface area contributed by atoms with Gasteiger partial charge in [0.1, 0.15) is 11.6 Å². The molecule has 1 fully saturated rings. The molecule has 1 aliphatic heterocycles. The third kappa shape index (κ3) is 9.80. The molecule has 0 bridgehead atoms. The fourth-order valence-electron chi connectivity index (χ4n) is 3.59. The molecule has 0 saturated carbocycles. The number of amides is 1. The maximum Gasteiger partial charge on any atom is 0.414 e. The Morgan fingerprint density at radius 1 is 1.10 bits per heavy atom. The van der Waals surface area contributed by atoms with Crippen molar-refractivity contribution >= 4 is 23.9 Å². The fraction of sp³-hybridized carbons (Fsp3) is 0.560. The molecular formula is C25H36FN5O8. The van der Waals surface area contributed by atoms with E-state index in [4.69, 9.17) is 34.2 Å². The summed E-state index contributed by atoms with van der Waals surface area (Å²) in [5.74, 6) is -3.52. The van der Waals surface area contributed by atoms with Crippen molar-refractivity contribution in [3.63, 3.8) is 0 Å². The van der Waals surface area contributed by atoms with Crippen molar-refractivity contribution in [3.8, 4) is 5.75 Å². The first-order valence-corrected chi connectivity index (χ1v) is 12.6. The molecule has 0 aliphatic carbocycles. The second-order valence-electron chi connectivity index (χ2n) is 9.41. The van der Waals surface area contributed by atoms with Crippen molar-refractivity contribution in [2.45, 2.75) is 52.1 Å². The number of nitrogens with one attached hydrogen (secondary N) is 1. The number of nitrogens with zero attached hydrogens (tertiary/aromatic N) is 4. The Morgan fingerprint density at radius 3 is 2.26 bits per heavy atom. The molecule has 2 atom stereocenters. The van der Waals surface area contributed by atoms with E-state index < -0.39 is 29.7 Å². The van der Waals surface area contributed by atoms with Crippen LogP contribution in [-0.4, -0.2) is 99.7 Å². The molecule has 13 nitrogen and oxygen atoms in total. The Balaban J connectivity index is 0.000000798. The molecule has 1 aromatic heterocycles. The quantitative estimate of drug-likeness (QED) is 0.313. The van der Waals surface area contributed by atoms with Gasteiger partial charge in [0, 0.05) is 50.2 Å². The van der Waals surface area contributed by atoms with E-state index in [1.165, 1.54) is 12.1 Å². The van der Waals surface area contributed by atoms with Crippen molar-refractivity contribution in [3.05, 3.63) is 35.4 Å². The average Bonchev–Trinajstić information content (AvgIpc) is 3.40. The highest BCUT2D eigenvalue weighted by molar-refractivity contribution is 6.27. The molecule has 0 spiro atoms. The van der Waals surface area contributed by atoms with Crippen molar-refractivity contribution in [1.82, 2.24) is 20.4 Å². The minimum atomic E-state index is -1.82. The van der Waals surface area contributed by atoms with Gasteiger partial charge in [0.25, 0.3) is 5.91 Å². The van der Waals surface area contributed by atoms with Crippen LogP contribution in [0.5, 0.6) is 5.75 Å². The van der Waals surface area contributed by atoms with E-state index in [0.29, 0.717) is 24.4 Å². The molecule has 14 heteroatoms. The SMILES string of the molecule is CC(C)c1noc(N2CCN(C(C)CCOc3ccc(C(=O)N[C@H](C)CO)c(F)c3)CC2)n1.O=C(O)C(=O)O. The number of carboxylic acid groups (broad SMARTS) is 2. The highest BCUT2D eigenvalue weighted by Gasteiger charge is 2.25. The summed E-state index contributed by atoms with van der Waals surface area (Å²) in [5, 5.41) is 30.4. The summed E-state index contributed by atoms with van der Waals surface area (Å²) in [4.78, 5) is 39.2. The van der Waals surface area contributed by atoms with Crippen LogP contribution in [0.3, 0.4) is 0 Å². The zero-order valence-corrected chi connectivity index (χ0v) is 22.5. The van der Waals surface area contributed by atoms with Gasteiger partial charge in [-0.05, 0) is 32.4 Å². The smallest absolute Gasteiger partial charge is 0.414 e. The standard InChI is InChI=1S/C23H34FN5O4.C2H2O4/c1-15(2)21-26-23(33-27-21)29-10-8-28(9-11-29)17(4)7-12-32-18-5-6-19(20(24)13-18)22(31)25-16(3)14-30;3-1(4)2(5)6/h5-6,13,15-17,30H,7-12,14H2,1-4H3,(H,25,31);(H,3,4)(H,5,6)/t16-,17?;/m1./s1. The molecule has 1 saturated heterocycles. The number of ether oxygens (including phenoxy) is 1. The maximum absolute atomic E-state index is 14.3. The summed E-state index contributed by atoms with van der Waals surface area (Å²) in [6.45, 7) is 11.5. The summed E-state index contributed by atoms with van der Waals surface area (Å²) >= 11 is 0. The Labute approximate surface area is 225 Å². The average molecular weight is 554 g/mol. The van der Waals surface area contributed by atoms with Crippen LogP contribution in [0.25, 0.3) is 0 Å². The van der Waals surface area contributed by atoms with Gasteiger partial charge in [0.05, 0.1) is 18.8 Å². The molecule has 0 radical (unpaired) electrons. The lowest BCUT2D eigenvalue weighted by molar-refractivity contribution is -0.159. The number of hydrogen-bond donors (Lipinski definition) is 4. The molecule has 1 aromatic carbocycles. The molecule has 3 rings (SSSR count). The lowest BCUT2D eigenvalue weighted by Crippen LogP contribution is -2.50. The minimum Gasteiger partial charge on any atom is -0.493 e. The molecule has 1 amide bonds. The number of hydrogen-bond acceptors (Lipinski definition) is 10. The van der Waals surface area contributed by atoms with Crippen molar-refractivity contribution in [1.29, 1.82) is 0 Å². The van der Waals surface area contributed by atoms with Crippen molar-refractivity contribution < 1.29 is 43.4 Å². The molecule has 1 unspecified atom stereocenters. The number of rotatable bonds is 10. The van der Waals surface area contributed by atoms with Gasteiger partial charge >= 0.3 is 18.0 Å². The van der Waals surface area contributed by atoms with Crippen LogP contribution in [-0.2, 0) is 9.59 Å². The van der Waals surface area contributed by atoms with Gasteiger partial charge in [0.2, 0.25) is 0 Å². The van der Waals surface area contributed by atoms with E-state index >= 15 is 0 Å². The lowest BCUT2D eigenvalue weighted by atomic mass is 10.1. The third-order valence-corrected chi connectivity index (χ3v) is 5.98. The zero-order chi connectivity index (χ0) is 29.1. The number of anilines is 1. The van der Waals surface area contributed by atoms with E-state index in [-0.39, 0.29) is 18.1 Å². The first-order chi connectivity index (χ1) is 18.4. The summed E-state index contributed by atoms with van der Waals surface area (Å²) in [6, 6.07) is 4.64. The van der Waals surface area contributed by atoms with Crippen LogP contribution in [0.1, 0.15) is 56.2 Å². The zero-order valence-electron chi connectivity index (χ0n) is 22.5. The van der Waals surface area contributed by atoms with Gasteiger partial charge in [-0.3, -0.25) is 9.69 Å². The number of carbonyl (C=O) groups is 3. The predicted molar refractivity (Wildman–Crippen MR) is 137 cm³/mol. The van der Waals surface area contributed by atoms with Crippen LogP contribution in [0.15, 0.2) is 22.7 Å². The number of carbonyl (C=O) groups excluding carboxylic acids is 1. The fourth-order valence-corrected chi connectivity index (χ4v) is 3.59. The van der Waals surface area contributed by atoms with Gasteiger partial charge in [-0.2, -0.15) is 4.98 Å². The van der Waals surface area contributed by atoms with E-state index in [2.05, 4.69) is 32.2 Å². The van der Waals surface area contributed by atoms with Gasteiger partial charge in [0.15, 0.2) is 5.82 Å². The van der Waals surface area contributed by atoms with Crippen LogP contribution < -0.4 is 15.0 Å². The largest absolute Gasteiger partial charge is 0.493 e. The second-order valence-corrected chi connectivity index (χ2v) is 9.41. The topological polar surface area (TPSA) is 179 Å². The van der Waals surface area contributed by atoms with Gasteiger partial charge in [-0.1, -0.05) is 19.0 Å². The molecule has 4 N–H and O–H groups in total. The Kier molecular flexibility index (Phi) is 12.1. The number of halogens is 1. The first kappa shape index (κ1) is 31.4. The highest BCUT2D eigenvalue weighted by Crippen LogP contribution is 2.20. The normalized spacial score (nSPS) is 15.2. The summed E-state index contributed by atoms with van der Waals surface area (Å²) < 4.78 is 25.4. The maximum atomic E-state index is 14.3. The van der Waals surface area contributed by atoms with Crippen molar-refractivity contribution in [2.75, 3.05) is 44.3 Å². The minimum absolute atomic E-state index is 0.0735. The van der Waals surface area contributed by atoms with Crippen LogP contribution >= 0.6 is 0 Å². The number of benzene rings is 1. The molecule has 216 valence electrons. The first-order valence-electron chi connectivity index (χ1n) is 12.6. The number of piperazine rings is 1. The van der Waals surface area contributed by atoms with Gasteiger partial charge in [-0.25, -0.2) is 14.0 Å². The highest BCUT2D eigenvalue weighted by atomic mass is 19.1. The lowest BCUT2D eigenvalue weighted by Gasteiger charge is -2.37. The summed E-state index contributed by atoms with van der Waals surface area (Å²) in [7, 11) is 0. The van der Waals surface area contributed by atoms with Crippen LogP contribution in [0.2, 0.25) is 0 Å². The number of aliphatic carboxylic acids is 2. The number of carboxylic acids is 2. The summed E-state index contributed by atoms with van der Waals surface area (Å²) in [6.07, 6.45) is 0.788. The van der Waals surface area contributed by atoms with E-state index in [1.807, 2.05) is 13.8 Å². The molecule has 2 aromatic rings. The van der Waals surface area contributed by atoms with Crippen molar-refractivity contribution in [2.24, 2.45) is 0 Å². The monoisotopic (exact) mass is 553 g/mol. The predicted octanol–water partition coefficient (Wildman–Crippen LogP) is 1.58. The van der Waals surface area contributed by atoms with Crippen LogP contribution in [0, 0.1) is 5.82 Å². The second kappa shape index (κ2) is 15.0. The number of aliphatic hydroxyl groups excluding tert-OH is 1. The van der Waals surface area contributed by atoms with Gasteiger partial charge < -0.3 is 34.8 Å². The number of aliphatic hydroxyl groups is 1. The molecular weight excluding hydrogens is 517 g/mol. The van der Waals surface area contributed by atoms with Gasteiger partial charge in [-0.15, -0.1) is 0 Å². The Morgan fingerprint density at radius 2 is 1.74 bits per heavy atom. The van der Waals surface area contributed by atoms with E-state index in [9.17, 15) is 9.18 Å². The Hall–Kier alpha value is -3.78.